The van der Waals surface area contributed by atoms with Gasteiger partial charge in [-0.2, -0.15) is 0 Å². The number of aromatic nitrogens is 1. The van der Waals surface area contributed by atoms with Crippen LogP contribution in [-0.4, -0.2) is 19.2 Å². The molecule has 5 heteroatoms. The first-order valence-corrected chi connectivity index (χ1v) is 5.95. The van der Waals surface area contributed by atoms with Gasteiger partial charge in [-0.3, -0.25) is 0 Å². The van der Waals surface area contributed by atoms with Gasteiger partial charge in [0.25, 0.3) is 0 Å². The van der Waals surface area contributed by atoms with Gasteiger partial charge in [-0.1, -0.05) is 23.2 Å². The Bertz CT molecular complexity index is 551. The molecule has 0 saturated carbocycles. The first kappa shape index (κ1) is 13.0. The van der Waals surface area contributed by atoms with Gasteiger partial charge < -0.3 is 9.47 Å². The summed E-state index contributed by atoms with van der Waals surface area (Å²) >= 11 is 12.0. The summed E-state index contributed by atoms with van der Waals surface area (Å²) in [6.07, 6.45) is 0. The van der Waals surface area contributed by atoms with Crippen molar-refractivity contribution in [3.05, 3.63) is 40.4 Å². The summed E-state index contributed by atoms with van der Waals surface area (Å²) in [7, 11) is 3.14. The molecule has 1 aromatic carbocycles. The molecular weight excluding hydrogens is 273 g/mol. The average Bonchev–Trinajstić information content (AvgIpc) is 2.38. The third-order valence-electron chi connectivity index (χ3n) is 2.43. The number of hydrogen-bond donors (Lipinski definition) is 0. The predicted molar refractivity (Wildman–Crippen MR) is 72.8 cm³/mol. The molecule has 0 saturated heterocycles. The van der Waals surface area contributed by atoms with Crippen molar-refractivity contribution < 1.29 is 9.47 Å². The lowest BCUT2D eigenvalue weighted by atomic mass is 10.1. The molecule has 0 fully saturated rings. The molecule has 18 heavy (non-hydrogen) atoms. The summed E-state index contributed by atoms with van der Waals surface area (Å²) in [5.74, 6) is 1.12. The van der Waals surface area contributed by atoms with Crippen LogP contribution in [0.15, 0.2) is 30.3 Å². The highest BCUT2D eigenvalue weighted by atomic mass is 35.5. The van der Waals surface area contributed by atoms with Crippen LogP contribution in [-0.2, 0) is 0 Å². The maximum atomic E-state index is 6.15. The number of benzene rings is 1. The zero-order valence-corrected chi connectivity index (χ0v) is 11.4. The summed E-state index contributed by atoms with van der Waals surface area (Å²) in [5.41, 5.74) is 1.45. The molecule has 2 aromatic rings. The van der Waals surface area contributed by atoms with Crippen LogP contribution in [0, 0.1) is 0 Å². The molecule has 2 rings (SSSR count). The molecule has 0 N–H and O–H groups in total. The second-order valence-corrected chi connectivity index (χ2v) is 4.40. The first-order chi connectivity index (χ1) is 8.63. The Morgan fingerprint density at radius 1 is 1.00 bits per heavy atom. The molecule has 0 aliphatic rings. The van der Waals surface area contributed by atoms with Gasteiger partial charge in [0.1, 0.15) is 5.75 Å². The normalized spacial score (nSPS) is 10.2. The number of hydrogen-bond acceptors (Lipinski definition) is 3. The molecule has 1 aromatic heterocycles. The van der Waals surface area contributed by atoms with E-state index in [1.165, 1.54) is 0 Å². The monoisotopic (exact) mass is 283 g/mol. The van der Waals surface area contributed by atoms with Crippen LogP contribution in [0.4, 0.5) is 0 Å². The Balaban J connectivity index is 2.55. The van der Waals surface area contributed by atoms with E-state index < -0.39 is 0 Å². The highest BCUT2D eigenvalue weighted by Gasteiger charge is 2.09. The van der Waals surface area contributed by atoms with Crippen molar-refractivity contribution in [1.29, 1.82) is 0 Å². The SMILES string of the molecule is COc1cc(OC)nc(-c2ccc(Cl)cc2Cl)c1. The minimum Gasteiger partial charge on any atom is -0.496 e. The average molecular weight is 284 g/mol. The molecule has 0 atom stereocenters. The Labute approximate surface area is 115 Å². The largest absolute Gasteiger partial charge is 0.496 e. The second-order valence-electron chi connectivity index (χ2n) is 3.56. The van der Waals surface area contributed by atoms with Gasteiger partial charge in [0.15, 0.2) is 0 Å². The Hall–Kier alpha value is -1.45. The number of nitrogens with zero attached hydrogens (tertiary/aromatic N) is 1. The fourth-order valence-electron chi connectivity index (χ4n) is 1.54. The molecule has 0 spiro atoms. The molecule has 0 unspecified atom stereocenters. The summed E-state index contributed by atoms with van der Waals surface area (Å²) < 4.78 is 10.3. The van der Waals surface area contributed by atoms with Crippen LogP contribution in [0.1, 0.15) is 0 Å². The Morgan fingerprint density at radius 3 is 2.39 bits per heavy atom. The molecule has 0 radical (unpaired) electrons. The van der Waals surface area contributed by atoms with Crippen molar-refractivity contribution in [1.82, 2.24) is 4.98 Å². The quantitative estimate of drug-likeness (QED) is 0.851. The van der Waals surface area contributed by atoms with E-state index in [2.05, 4.69) is 4.98 Å². The number of pyridine rings is 1. The number of ether oxygens (including phenoxy) is 2. The third kappa shape index (κ3) is 2.68. The minimum absolute atomic E-state index is 0.468. The summed E-state index contributed by atoms with van der Waals surface area (Å²) in [6.45, 7) is 0. The Kier molecular flexibility index (Phi) is 3.94. The van der Waals surface area contributed by atoms with Gasteiger partial charge >= 0.3 is 0 Å². The summed E-state index contributed by atoms with van der Waals surface area (Å²) in [6, 6.07) is 8.74. The van der Waals surface area contributed by atoms with Crippen molar-refractivity contribution in [2.75, 3.05) is 14.2 Å². The van der Waals surface area contributed by atoms with Gasteiger partial charge in [-0.25, -0.2) is 4.98 Å². The highest BCUT2D eigenvalue weighted by Crippen LogP contribution is 2.32. The van der Waals surface area contributed by atoms with E-state index in [-0.39, 0.29) is 0 Å². The van der Waals surface area contributed by atoms with E-state index in [1.54, 1.807) is 38.5 Å². The lowest BCUT2D eigenvalue weighted by molar-refractivity contribution is 0.383. The fourth-order valence-corrected chi connectivity index (χ4v) is 2.04. The van der Waals surface area contributed by atoms with Crippen LogP contribution in [0.3, 0.4) is 0 Å². The molecular formula is C13H11Cl2NO2. The third-order valence-corrected chi connectivity index (χ3v) is 2.98. The zero-order valence-electron chi connectivity index (χ0n) is 9.91. The van der Waals surface area contributed by atoms with Crippen molar-refractivity contribution in [3.8, 4) is 22.9 Å². The van der Waals surface area contributed by atoms with Crippen LogP contribution in [0.5, 0.6) is 11.6 Å². The molecule has 1 heterocycles. The van der Waals surface area contributed by atoms with E-state index in [1.807, 2.05) is 6.07 Å². The van der Waals surface area contributed by atoms with Crippen LogP contribution < -0.4 is 9.47 Å². The highest BCUT2D eigenvalue weighted by molar-refractivity contribution is 6.36. The molecule has 0 amide bonds. The number of methoxy groups -OCH3 is 2. The molecule has 0 bridgehead atoms. The number of rotatable bonds is 3. The van der Waals surface area contributed by atoms with Crippen LogP contribution >= 0.6 is 23.2 Å². The van der Waals surface area contributed by atoms with E-state index >= 15 is 0 Å². The van der Waals surface area contributed by atoms with Crippen LogP contribution in [0.2, 0.25) is 10.0 Å². The topological polar surface area (TPSA) is 31.4 Å². The van der Waals surface area contributed by atoms with Gasteiger partial charge in [0, 0.05) is 22.7 Å². The van der Waals surface area contributed by atoms with Gasteiger partial charge in [0.05, 0.1) is 24.9 Å². The maximum absolute atomic E-state index is 6.15. The molecule has 3 nitrogen and oxygen atoms in total. The van der Waals surface area contributed by atoms with Crippen molar-refractivity contribution in [2.24, 2.45) is 0 Å². The van der Waals surface area contributed by atoms with E-state index in [0.717, 1.165) is 5.56 Å². The smallest absolute Gasteiger partial charge is 0.217 e. The summed E-state index contributed by atoms with van der Waals surface area (Å²) in [4.78, 5) is 4.33. The fraction of sp³-hybridized carbons (Fsp3) is 0.154. The first-order valence-electron chi connectivity index (χ1n) is 5.19. The number of halogens is 2. The lowest BCUT2D eigenvalue weighted by Crippen LogP contribution is -1.93. The van der Waals surface area contributed by atoms with Crippen LogP contribution in [0.25, 0.3) is 11.3 Å². The zero-order chi connectivity index (χ0) is 13.1. The van der Waals surface area contributed by atoms with E-state index in [0.29, 0.717) is 27.4 Å². The lowest BCUT2D eigenvalue weighted by Gasteiger charge is -2.09. The maximum Gasteiger partial charge on any atom is 0.217 e. The van der Waals surface area contributed by atoms with Gasteiger partial charge in [-0.05, 0) is 18.2 Å². The molecule has 0 aliphatic carbocycles. The Morgan fingerprint density at radius 2 is 1.78 bits per heavy atom. The molecule has 0 aliphatic heterocycles. The van der Waals surface area contributed by atoms with Crippen molar-refractivity contribution in [2.45, 2.75) is 0 Å². The predicted octanol–water partition coefficient (Wildman–Crippen LogP) is 4.07. The van der Waals surface area contributed by atoms with Crippen molar-refractivity contribution >= 4 is 23.2 Å². The van der Waals surface area contributed by atoms with Gasteiger partial charge in [-0.15, -0.1) is 0 Å². The summed E-state index contributed by atoms with van der Waals surface area (Å²) in [5, 5.41) is 1.11. The minimum atomic E-state index is 0.468. The second kappa shape index (κ2) is 5.46. The van der Waals surface area contributed by atoms with Crippen molar-refractivity contribution in [3.63, 3.8) is 0 Å². The van der Waals surface area contributed by atoms with E-state index in [9.17, 15) is 0 Å². The van der Waals surface area contributed by atoms with E-state index in [4.69, 9.17) is 32.7 Å². The standard InChI is InChI=1S/C13H11Cl2NO2/c1-17-9-6-12(16-13(7-9)18-2)10-4-3-8(14)5-11(10)15/h3-7H,1-2H3. The van der Waals surface area contributed by atoms with Gasteiger partial charge in [0.2, 0.25) is 5.88 Å². The molecule has 94 valence electrons.